The van der Waals surface area contributed by atoms with E-state index in [1.807, 2.05) is 6.07 Å². The van der Waals surface area contributed by atoms with Crippen LogP contribution in [0.15, 0.2) is 40.5 Å². The molecular formula is C14H9N5O4S. The van der Waals surface area contributed by atoms with Gasteiger partial charge >= 0.3 is 0 Å². The molecule has 1 aliphatic rings. The van der Waals surface area contributed by atoms with Gasteiger partial charge in [-0.15, -0.1) is 0 Å². The molecule has 1 atom stereocenters. The number of non-ortho nitro benzene ring substituents is 1. The van der Waals surface area contributed by atoms with Crippen LogP contribution in [0.1, 0.15) is 17.0 Å². The Balaban J connectivity index is 2.32. The Hall–Kier alpha value is -3.45. The van der Waals surface area contributed by atoms with Gasteiger partial charge in [0, 0.05) is 12.1 Å². The maximum Gasteiger partial charge on any atom is 0.269 e. The van der Waals surface area contributed by atoms with Crippen molar-refractivity contribution in [2.24, 2.45) is 5.73 Å². The summed E-state index contributed by atoms with van der Waals surface area (Å²) in [5.74, 6) is -1.09. The van der Waals surface area contributed by atoms with Crippen molar-refractivity contribution < 1.29 is 9.66 Å². The third kappa shape index (κ3) is 2.42. The molecule has 0 spiro atoms. The molecule has 0 bridgehead atoms. The zero-order valence-electron chi connectivity index (χ0n) is 11.9. The summed E-state index contributed by atoms with van der Waals surface area (Å²) in [7, 11) is 0. The molecule has 1 aromatic carbocycles. The summed E-state index contributed by atoms with van der Waals surface area (Å²) >= 11 is 4.89. The molecule has 0 saturated carbocycles. The molecule has 2 heterocycles. The largest absolute Gasteiger partial charge is 0.424 e. The summed E-state index contributed by atoms with van der Waals surface area (Å²) in [6.45, 7) is 0. The number of hydrogen-bond donors (Lipinski definition) is 3. The van der Waals surface area contributed by atoms with Gasteiger partial charge in [0.15, 0.2) is 4.77 Å². The quantitative estimate of drug-likeness (QED) is 0.425. The Morgan fingerprint density at radius 1 is 1.42 bits per heavy atom. The number of nitro benzene ring substituents is 1. The first kappa shape index (κ1) is 15.4. The summed E-state index contributed by atoms with van der Waals surface area (Å²) in [6, 6.07) is 7.53. The second-order valence-corrected chi connectivity index (χ2v) is 5.34. The fourth-order valence-corrected chi connectivity index (χ4v) is 2.73. The van der Waals surface area contributed by atoms with E-state index in [0.29, 0.717) is 5.56 Å². The average molecular weight is 343 g/mol. The fourth-order valence-electron chi connectivity index (χ4n) is 2.54. The van der Waals surface area contributed by atoms with Gasteiger partial charge in [0.2, 0.25) is 11.8 Å². The number of nitrogens with two attached hydrogens (primary N) is 1. The highest BCUT2D eigenvalue weighted by Crippen LogP contribution is 2.39. The van der Waals surface area contributed by atoms with Gasteiger partial charge in [0.25, 0.3) is 11.2 Å². The van der Waals surface area contributed by atoms with Gasteiger partial charge < -0.3 is 15.5 Å². The number of nitrogens with one attached hydrogen (secondary N) is 2. The Kier molecular flexibility index (Phi) is 3.63. The average Bonchev–Trinajstić information content (AvgIpc) is 2.53. The van der Waals surface area contributed by atoms with Crippen molar-refractivity contribution in [2.45, 2.75) is 5.92 Å². The minimum Gasteiger partial charge on any atom is -0.424 e. The van der Waals surface area contributed by atoms with Gasteiger partial charge in [-0.25, -0.2) is 0 Å². The van der Waals surface area contributed by atoms with E-state index in [9.17, 15) is 20.2 Å². The molecule has 24 heavy (non-hydrogen) atoms. The maximum absolute atomic E-state index is 12.3. The van der Waals surface area contributed by atoms with Crippen LogP contribution < -0.4 is 16.0 Å². The summed E-state index contributed by atoms with van der Waals surface area (Å²) < 4.78 is 5.32. The van der Waals surface area contributed by atoms with Gasteiger partial charge in [-0.05, 0) is 17.8 Å². The number of fused-ring (bicyclic) bond motifs is 1. The SMILES string of the molecule is N#CC1=C(N)Oc2[nH]c(=S)[nH]c(=O)c2C1c1cccc([N+](=O)[O-])c1. The van der Waals surface area contributed by atoms with Gasteiger partial charge in [-0.1, -0.05) is 12.1 Å². The van der Waals surface area contributed by atoms with E-state index in [4.69, 9.17) is 22.7 Å². The van der Waals surface area contributed by atoms with Gasteiger partial charge in [0.05, 0.1) is 16.4 Å². The van der Waals surface area contributed by atoms with Crippen molar-refractivity contribution in [3.05, 3.63) is 72.1 Å². The van der Waals surface area contributed by atoms with Gasteiger partial charge in [-0.3, -0.25) is 19.9 Å². The topological polar surface area (TPSA) is 151 Å². The van der Waals surface area contributed by atoms with Crippen LogP contribution in [0.4, 0.5) is 5.69 Å². The van der Waals surface area contributed by atoms with E-state index in [0.717, 1.165) is 0 Å². The number of ether oxygens (including phenoxy) is 1. The summed E-state index contributed by atoms with van der Waals surface area (Å²) in [6.07, 6.45) is 0. The van der Waals surface area contributed by atoms with Crippen molar-refractivity contribution in [1.29, 1.82) is 5.26 Å². The molecule has 10 heteroatoms. The van der Waals surface area contributed by atoms with Crippen LogP contribution >= 0.6 is 12.2 Å². The van der Waals surface area contributed by atoms with Crippen molar-refractivity contribution in [3.8, 4) is 11.9 Å². The third-order valence-electron chi connectivity index (χ3n) is 3.53. The van der Waals surface area contributed by atoms with E-state index < -0.39 is 16.4 Å². The second kappa shape index (κ2) is 5.64. The van der Waals surface area contributed by atoms with Crippen molar-refractivity contribution >= 4 is 17.9 Å². The third-order valence-corrected chi connectivity index (χ3v) is 3.74. The molecule has 2 aromatic rings. The lowest BCUT2D eigenvalue weighted by Gasteiger charge is -2.24. The molecule has 0 radical (unpaired) electrons. The molecule has 9 nitrogen and oxygen atoms in total. The number of aromatic amines is 2. The fraction of sp³-hybridized carbons (Fsp3) is 0.0714. The van der Waals surface area contributed by atoms with E-state index >= 15 is 0 Å². The predicted molar refractivity (Wildman–Crippen MR) is 84.6 cm³/mol. The lowest BCUT2D eigenvalue weighted by molar-refractivity contribution is -0.384. The number of hydrogen-bond acceptors (Lipinski definition) is 7. The molecule has 120 valence electrons. The van der Waals surface area contributed by atoms with E-state index in [1.54, 1.807) is 6.07 Å². The molecule has 3 rings (SSSR count). The second-order valence-electron chi connectivity index (χ2n) is 4.93. The number of H-pyrrole nitrogens is 2. The first-order valence-electron chi connectivity index (χ1n) is 6.60. The van der Waals surface area contributed by atoms with E-state index in [1.165, 1.54) is 18.2 Å². The van der Waals surface area contributed by atoms with Crippen LogP contribution in [0.2, 0.25) is 0 Å². The number of allylic oxidation sites excluding steroid dienone is 1. The van der Waals surface area contributed by atoms with Gasteiger partial charge in [0.1, 0.15) is 11.6 Å². The zero-order chi connectivity index (χ0) is 17.4. The lowest BCUT2D eigenvalue weighted by Crippen LogP contribution is -2.28. The van der Waals surface area contributed by atoms with Crippen LogP contribution in [0.5, 0.6) is 5.88 Å². The highest BCUT2D eigenvalue weighted by molar-refractivity contribution is 7.71. The standard InChI is InChI=1S/C14H9N5O4S/c15-5-8-9(6-2-1-3-7(4-6)19(21)22)10-12(20)17-14(24)18-13(10)23-11(8)16/h1-4,9H,16H2,(H2,17,18,20,24). The van der Waals surface area contributed by atoms with Gasteiger partial charge in [-0.2, -0.15) is 5.26 Å². The van der Waals surface area contributed by atoms with Crippen LogP contribution in [0.25, 0.3) is 0 Å². The number of rotatable bonds is 2. The Morgan fingerprint density at radius 3 is 2.83 bits per heavy atom. The molecule has 1 unspecified atom stereocenters. The zero-order valence-corrected chi connectivity index (χ0v) is 12.7. The molecule has 0 aliphatic carbocycles. The van der Waals surface area contributed by atoms with Crippen molar-refractivity contribution in [2.75, 3.05) is 0 Å². The molecule has 4 N–H and O–H groups in total. The Morgan fingerprint density at radius 2 is 2.17 bits per heavy atom. The first-order valence-corrected chi connectivity index (χ1v) is 7.01. The highest BCUT2D eigenvalue weighted by Gasteiger charge is 2.34. The summed E-state index contributed by atoms with van der Waals surface area (Å²) in [5, 5.41) is 20.4. The number of nitro groups is 1. The maximum atomic E-state index is 12.3. The first-order chi connectivity index (χ1) is 11.4. The highest BCUT2D eigenvalue weighted by atomic mass is 32.1. The Labute approximate surface area is 139 Å². The minimum atomic E-state index is -0.908. The van der Waals surface area contributed by atoms with Crippen LogP contribution in [0, 0.1) is 26.2 Å². The van der Waals surface area contributed by atoms with Crippen molar-refractivity contribution in [3.63, 3.8) is 0 Å². The molecule has 1 aromatic heterocycles. The monoisotopic (exact) mass is 343 g/mol. The predicted octanol–water partition coefficient (Wildman–Crippen LogP) is 1.56. The smallest absolute Gasteiger partial charge is 0.269 e. The summed E-state index contributed by atoms with van der Waals surface area (Å²) in [4.78, 5) is 27.8. The van der Waals surface area contributed by atoms with E-state index in [-0.39, 0.29) is 33.4 Å². The molecule has 0 amide bonds. The lowest BCUT2D eigenvalue weighted by atomic mass is 9.85. The molecule has 0 fully saturated rings. The van der Waals surface area contributed by atoms with Crippen LogP contribution in [0.3, 0.4) is 0 Å². The minimum absolute atomic E-state index is 0.0109. The van der Waals surface area contributed by atoms with E-state index in [2.05, 4.69) is 9.97 Å². The van der Waals surface area contributed by atoms with Crippen LogP contribution in [-0.4, -0.2) is 14.9 Å². The number of nitriles is 1. The Bertz CT molecular complexity index is 1050. The summed E-state index contributed by atoms with van der Waals surface area (Å²) in [5.41, 5.74) is 5.46. The number of nitrogens with zero attached hydrogens (tertiary/aromatic N) is 2. The van der Waals surface area contributed by atoms with Crippen molar-refractivity contribution in [1.82, 2.24) is 9.97 Å². The number of benzene rings is 1. The number of aromatic nitrogens is 2. The molecular weight excluding hydrogens is 334 g/mol. The molecule has 0 saturated heterocycles. The van der Waals surface area contributed by atoms with Crippen LogP contribution in [-0.2, 0) is 0 Å². The normalized spacial score (nSPS) is 16.0. The molecule has 1 aliphatic heterocycles.